The van der Waals surface area contributed by atoms with Crippen molar-refractivity contribution in [3.05, 3.63) is 29.9 Å². The number of thiophene rings is 1. The third kappa shape index (κ3) is 1.24. The Kier molecular flexibility index (Phi) is 1.88. The molecule has 0 fully saturated rings. The van der Waals surface area contributed by atoms with E-state index in [4.69, 9.17) is 5.26 Å². The Balaban J connectivity index is 2.26. The molecule has 7 heteroatoms. The minimum atomic E-state index is 0.127. The highest BCUT2D eigenvalue weighted by Gasteiger charge is 2.08. The first-order chi connectivity index (χ1) is 7.88. The molecule has 3 aromatic rings. The molecule has 0 spiro atoms. The van der Waals surface area contributed by atoms with Gasteiger partial charge in [-0.05, 0) is 11.4 Å². The zero-order valence-electron chi connectivity index (χ0n) is 7.90. The molecular weight excluding hydrogens is 224 g/mol. The highest BCUT2D eigenvalue weighted by atomic mass is 32.1. The van der Waals surface area contributed by atoms with Crippen LogP contribution in [-0.4, -0.2) is 24.7 Å². The van der Waals surface area contributed by atoms with Gasteiger partial charge in [-0.3, -0.25) is 0 Å². The van der Waals surface area contributed by atoms with E-state index >= 15 is 0 Å². The van der Waals surface area contributed by atoms with Crippen LogP contribution in [0.15, 0.2) is 24.1 Å². The lowest BCUT2D eigenvalue weighted by Crippen LogP contribution is -1.99. The van der Waals surface area contributed by atoms with Gasteiger partial charge < -0.3 is 0 Å². The van der Waals surface area contributed by atoms with E-state index in [0.717, 1.165) is 10.2 Å². The molecule has 0 radical (unpaired) electrons. The number of hydrogen-bond donors (Lipinski definition) is 0. The topological polar surface area (TPSA) is 80.3 Å². The molecule has 0 aromatic carbocycles. The van der Waals surface area contributed by atoms with Crippen LogP contribution in [0.25, 0.3) is 16.0 Å². The second-order valence-corrected chi connectivity index (χ2v) is 3.86. The van der Waals surface area contributed by atoms with Crippen LogP contribution in [-0.2, 0) is 0 Å². The molecule has 3 heterocycles. The van der Waals surface area contributed by atoms with Gasteiger partial charge in [0.1, 0.15) is 23.6 Å². The molecule has 76 valence electrons. The quantitative estimate of drug-likeness (QED) is 0.624. The summed E-state index contributed by atoms with van der Waals surface area (Å²) in [7, 11) is 0. The molecule has 0 aliphatic rings. The van der Waals surface area contributed by atoms with E-state index in [0.29, 0.717) is 5.82 Å². The Morgan fingerprint density at radius 3 is 3.06 bits per heavy atom. The molecular formula is C9H4N6S. The molecule has 16 heavy (non-hydrogen) atoms. The molecule has 0 atom stereocenters. The van der Waals surface area contributed by atoms with Gasteiger partial charge in [-0.15, -0.1) is 16.4 Å². The van der Waals surface area contributed by atoms with Crippen molar-refractivity contribution in [2.45, 2.75) is 0 Å². The molecule has 3 aromatic heterocycles. The molecule has 0 aliphatic heterocycles. The first kappa shape index (κ1) is 8.94. The molecule has 0 bridgehead atoms. The maximum Gasteiger partial charge on any atom is 0.252 e. The zero-order valence-corrected chi connectivity index (χ0v) is 8.72. The van der Waals surface area contributed by atoms with E-state index < -0.39 is 0 Å². The van der Waals surface area contributed by atoms with Gasteiger partial charge >= 0.3 is 0 Å². The fourth-order valence-electron chi connectivity index (χ4n) is 1.38. The maximum absolute atomic E-state index is 8.65. The van der Waals surface area contributed by atoms with Crippen molar-refractivity contribution in [2.75, 3.05) is 0 Å². The van der Waals surface area contributed by atoms with Crippen LogP contribution in [0.1, 0.15) is 5.82 Å². The number of nitrogens with zero attached hydrogens (tertiary/aromatic N) is 6. The number of hydrogen-bond acceptors (Lipinski definition) is 6. The van der Waals surface area contributed by atoms with Gasteiger partial charge in [-0.2, -0.15) is 5.26 Å². The molecule has 0 aliphatic carbocycles. The van der Waals surface area contributed by atoms with Crippen LogP contribution in [0.2, 0.25) is 0 Å². The van der Waals surface area contributed by atoms with Gasteiger partial charge in [0, 0.05) is 0 Å². The summed E-state index contributed by atoms with van der Waals surface area (Å²) in [5, 5.41) is 15.5. The van der Waals surface area contributed by atoms with Crippen LogP contribution in [0, 0.1) is 11.3 Å². The summed E-state index contributed by atoms with van der Waals surface area (Å²) in [5.74, 6) is 0.766. The third-order valence-corrected chi connectivity index (χ3v) is 2.87. The lowest BCUT2D eigenvalue weighted by atomic mass is 10.4. The number of nitriles is 1. The number of fused-ring (bicyclic) bond motifs is 1. The average Bonchev–Trinajstić information content (AvgIpc) is 2.97. The van der Waals surface area contributed by atoms with E-state index in [9.17, 15) is 0 Å². The largest absolute Gasteiger partial charge is 0.252 e. The standard InChI is InChI=1S/C9H4N6S/c10-3-7-13-5-15(14-7)8-6-1-2-16-9(6)12-4-11-8/h1-2,4-5H. The van der Waals surface area contributed by atoms with Gasteiger partial charge in [0.15, 0.2) is 5.82 Å². The van der Waals surface area contributed by atoms with Crippen molar-refractivity contribution in [3.63, 3.8) is 0 Å². The molecule has 0 amide bonds. The second-order valence-electron chi connectivity index (χ2n) is 2.96. The fourth-order valence-corrected chi connectivity index (χ4v) is 2.10. The van der Waals surface area contributed by atoms with E-state index in [1.807, 2.05) is 17.5 Å². The highest BCUT2D eigenvalue weighted by Crippen LogP contribution is 2.22. The van der Waals surface area contributed by atoms with E-state index in [1.54, 1.807) is 0 Å². The summed E-state index contributed by atoms with van der Waals surface area (Å²) in [6, 6.07) is 3.79. The molecule has 3 rings (SSSR count). The smallest absolute Gasteiger partial charge is 0.225 e. The predicted octanol–water partition coefficient (Wildman–Crippen LogP) is 1.14. The Morgan fingerprint density at radius 2 is 2.25 bits per heavy atom. The molecule has 6 nitrogen and oxygen atoms in total. The van der Waals surface area contributed by atoms with Crippen molar-refractivity contribution in [1.82, 2.24) is 24.7 Å². The number of aromatic nitrogens is 5. The molecule has 0 N–H and O–H groups in total. The van der Waals surface area contributed by atoms with Crippen molar-refractivity contribution in [1.29, 1.82) is 5.26 Å². The summed E-state index contributed by atoms with van der Waals surface area (Å²) in [5.41, 5.74) is 0. The Labute approximate surface area is 93.8 Å². The van der Waals surface area contributed by atoms with E-state index in [-0.39, 0.29) is 5.82 Å². The second kappa shape index (κ2) is 3.36. The van der Waals surface area contributed by atoms with Gasteiger partial charge in [-0.25, -0.2) is 19.6 Å². The summed E-state index contributed by atoms with van der Waals surface area (Å²) in [6.07, 6.45) is 2.94. The first-order valence-electron chi connectivity index (χ1n) is 4.39. The Bertz CT molecular complexity index is 691. The average molecular weight is 228 g/mol. The minimum Gasteiger partial charge on any atom is -0.225 e. The van der Waals surface area contributed by atoms with Crippen molar-refractivity contribution in [2.24, 2.45) is 0 Å². The van der Waals surface area contributed by atoms with Gasteiger partial charge in [0.25, 0.3) is 5.82 Å². The van der Waals surface area contributed by atoms with Crippen LogP contribution < -0.4 is 0 Å². The Morgan fingerprint density at radius 1 is 1.31 bits per heavy atom. The predicted molar refractivity (Wildman–Crippen MR) is 57.0 cm³/mol. The SMILES string of the molecule is N#Cc1ncn(-c2ncnc3sccc23)n1. The van der Waals surface area contributed by atoms with E-state index in [2.05, 4.69) is 20.1 Å². The first-order valence-corrected chi connectivity index (χ1v) is 5.27. The Hall–Kier alpha value is -2.33. The van der Waals surface area contributed by atoms with Crippen molar-refractivity contribution >= 4 is 21.6 Å². The van der Waals surface area contributed by atoms with Crippen LogP contribution in [0.5, 0.6) is 0 Å². The van der Waals surface area contributed by atoms with Crippen LogP contribution >= 0.6 is 11.3 Å². The van der Waals surface area contributed by atoms with Gasteiger partial charge in [0.05, 0.1) is 5.39 Å². The lowest BCUT2D eigenvalue weighted by Gasteiger charge is -1.99. The highest BCUT2D eigenvalue weighted by molar-refractivity contribution is 7.16. The van der Waals surface area contributed by atoms with Crippen LogP contribution in [0.4, 0.5) is 0 Å². The number of rotatable bonds is 1. The van der Waals surface area contributed by atoms with E-state index in [1.165, 1.54) is 28.7 Å². The fraction of sp³-hybridized carbons (Fsp3) is 0. The van der Waals surface area contributed by atoms with Crippen LogP contribution in [0.3, 0.4) is 0 Å². The summed E-state index contributed by atoms with van der Waals surface area (Å²) in [4.78, 5) is 13.0. The summed E-state index contributed by atoms with van der Waals surface area (Å²) < 4.78 is 1.48. The minimum absolute atomic E-state index is 0.127. The lowest BCUT2D eigenvalue weighted by molar-refractivity contribution is 0.845. The third-order valence-electron chi connectivity index (χ3n) is 2.05. The summed E-state index contributed by atoms with van der Waals surface area (Å²) >= 11 is 1.53. The maximum atomic E-state index is 8.65. The monoisotopic (exact) mass is 228 g/mol. The van der Waals surface area contributed by atoms with Crippen molar-refractivity contribution < 1.29 is 0 Å². The van der Waals surface area contributed by atoms with Gasteiger partial charge in [0.2, 0.25) is 0 Å². The molecule has 0 saturated carbocycles. The molecule has 0 unspecified atom stereocenters. The van der Waals surface area contributed by atoms with Crippen molar-refractivity contribution in [3.8, 4) is 11.9 Å². The normalized spacial score (nSPS) is 10.4. The zero-order chi connectivity index (χ0) is 11.0. The van der Waals surface area contributed by atoms with Gasteiger partial charge in [-0.1, -0.05) is 0 Å². The summed E-state index contributed by atoms with van der Waals surface area (Å²) in [6.45, 7) is 0. The molecule has 0 saturated heterocycles.